The van der Waals surface area contributed by atoms with Crippen molar-refractivity contribution in [3.63, 3.8) is 0 Å². The Morgan fingerprint density at radius 2 is 2.29 bits per heavy atom. The monoisotopic (exact) mass is 286 g/mol. The SMILES string of the molecule is CC1COCCN1C(=O)c1cc2ccccc2c(NN)n1. The number of hydrogen-bond donors (Lipinski definition) is 2. The Morgan fingerprint density at radius 3 is 3.05 bits per heavy atom. The molecule has 0 saturated carbocycles. The van der Waals surface area contributed by atoms with Crippen LogP contribution >= 0.6 is 0 Å². The van der Waals surface area contributed by atoms with E-state index in [1.807, 2.05) is 31.2 Å². The number of benzene rings is 1. The van der Waals surface area contributed by atoms with Gasteiger partial charge in [-0.1, -0.05) is 24.3 Å². The minimum Gasteiger partial charge on any atom is -0.377 e. The number of rotatable bonds is 2. The zero-order valence-electron chi connectivity index (χ0n) is 11.9. The molecule has 6 nitrogen and oxygen atoms in total. The van der Waals surface area contributed by atoms with Crippen LogP contribution < -0.4 is 11.3 Å². The van der Waals surface area contributed by atoms with E-state index in [2.05, 4.69) is 10.4 Å². The summed E-state index contributed by atoms with van der Waals surface area (Å²) in [6.45, 7) is 3.67. The number of nitrogens with zero attached hydrogens (tertiary/aromatic N) is 2. The van der Waals surface area contributed by atoms with Gasteiger partial charge in [0, 0.05) is 11.9 Å². The summed E-state index contributed by atoms with van der Waals surface area (Å²) in [5, 5.41) is 1.83. The lowest BCUT2D eigenvalue weighted by Gasteiger charge is -2.33. The van der Waals surface area contributed by atoms with Crippen molar-refractivity contribution in [1.82, 2.24) is 9.88 Å². The summed E-state index contributed by atoms with van der Waals surface area (Å²) in [6, 6.07) is 9.56. The highest BCUT2D eigenvalue weighted by Crippen LogP contribution is 2.23. The number of nitrogens with one attached hydrogen (secondary N) is 1. The third kappa shape index (κ3) is 2.55. The number of fused-ring (bicyclic) bond motifs is 1. The highest BCUT2D eigenvalue weighted by atomic mass is 16.5. The van der Waals surface area contributed by atoms with Crippen LogP contribution in [0.3, 0.4) is 0 Å². The fourth-order valence-corrected chi connectivity index (χ4v) is 2.59. The van der Waals surface area contributed by atoms with Gasteiger partial charge in [-0.2, -0.15) is 0 Å². The Kier molecular flexibility index (Phi) is 3.72. The Balaban J connectivity index is 2.01. The van der Waals surface area contributed by atoms with Gasteiger partial charge in [-0.25, -0.2) is 10.8 Å². The van der Waals surface area contributed by atoms with E-state index in [9.17, 15) is 4.79 Å². The van der Waals surface area contributed by atoms with Crippen molar-refractivity contribution < 1.29 is 9.53 Å². The van der Waals surface area contributed by atoms with Gasteiger partial charge in [-0.3, -0.25) is 4.79 Å². The van der Waals surface area contributed by atoms with Gasteiger partial charge in [0.1, 0.15) is 11.5 Å². The third-order valence-electron chi connectivity index (χ3n) is 3.72. The number of amides is 1. The van der Waals surface area contributed by atoms with Gasteiger partial charge in [0.05, 0.1) is 19.3 Å². The molecule has 3 rings (SSSR count). The molecule has 1 aliphatic rings. The van der Waals surface area contributed by atoms with Crippen LogP contribution in [0, 0.1) is 0 Å². The second kappa shape index (κ2) is 5.67. The maximum Gasteiger partial charge on any atom is 0.272 e. The van der Waals surface area contributed by atoms with Gasteiger partial charge >= 0.3 is 0 Å². The number of pyridine rings is 1. The molecule has 1 amide bonds. The van der Waals surface area contributed by atoms with Crippen LogP contribution in [0.25, 0.3) is 10.8 Å². The van der Waals surface area contributed by atoms with E-state index >= 15 is 0 Å². The van der Waals surface area contributed by atoms with Crippen LogP contribution in [0.4, 0.5) is 5.82 Å². The lowest BCUT2D eigenvalue weighted by atomic mass is 10.1. The fraction of sp³-hybridized carbons (Fsp3) is 0.333. The summed E-state index contributed by atoms with van der Waals surface area (Å²) < 4.78 is 5.37. The summed E-state index contributed by atoms with van der Waals surface area (Å²) in [4.78, 5) is 18.8. The smallest absolute Gasteiger partial charge is 0.272 e. The molecule has 1 atom stereocenters. The minimum absolute atomic E-state index is 0.0498. The van der Waals surface area contributed by atoms with Gasteiger partial charge < -0.3 is 15.1 Å². The van der Waals surface area contributed by atoms with E-state index in [0.29, 0.717) is 31.3 Å². The average Bonchev–Trinajstić information content (AvgIpc) is 2.53. The van der Waals surface area contributed by atoms with Crippen molar-refractivity contribution in [3.05, 3.63) is 36.0 Å². The van der Waals surface area contributed by atoms with Crippen molar-refractivity contribution in [2.75, 3.05) is 25.2 Å². The van der Waals surface area contributed by atoms with Crippen LogP contribution in [0.1, 0.15) is 17.4 Å². The zero-order chi connectivity index (χ0) is 14.8. The number of hydrogen-bond acceptors (Lipinski definition) is 5. The molecule has 2 heterocycles. The second-order valence-corrected chi connectivity index (χ2v) is 5.14. The molecule has 0 radical (unpaired) electrons. The number of carbonyl (C=O) groups excluding carboxylic acids is 1. The predicted molar refractivity (Wildman–Crippen MR) is 80.9 cm³/mol. The van der Waals surface area contributed by atoms with Crippen LogP contribution in [0.15, 0.2) is 30.3 Å². The van der Waals surface area contributed by atoms with E-state index in [0.717, 1.165) is 10.8 Å². The van der Waals surface area contributed by atoms with E-state index < -0.39 is 0 Å². The normalized spacial score (nSPS) is 18.8. The molecule has 1 saturated heterocycles. The average molecular weight is 286 g/mol. The molecule has 3 N–H and O–H groups in total. The molecule has 2 aromatic rings. The highest BCUT2D eigenvalue weighted by molar-refractivity contribution is 6.00. The van der Waals surface area contributed by atoms with Crippen LogP contribution in [-0.2, 0) is 4.74 Å². The molecule has 0 aliphatic carbocycles. The number of nitrogen functional groups attached to an aromatic ring is 1. The van der Waals surface area contributed by atoms with E-state index in [1.54, 1.807) is 11.0 Å². The zero-order valence-corrected chi connectivity index (χ0v) is 11.9. The first-order valence-corrected chi connectivity index (χ1v) is 6.96. The Labute approximate surface area is 122 Å². The lowest BCUT2D eigenvalue weighted by molar-refractivity contribution is 0.00329. The Morgan fingerprint density at radius 1 is 1.48 bits per heavy atom. The maximum atomic E-state index is 12.7. The second-order valence-electron chi connectivity index (χ2n) is 5.14. The maximum absolute atomic E-state index is 12.7. The summed E-state index contributed by atoms with van der Waals surface area (Å²) in [5.41, 5.74) is 2.97. The number of morpholine rings is 1. The molecule has 110 valence electrons. The number of carbonyl (C=O) groups is 1. The molecule has 0 spiro atoms. The lowest BCUT2D eigenvalue weighted by Crippen LogP contribution is -2.47. The minimum atomic E-state index is -0.0898. The molecule has 1 aromatic heterocycles. The first kappa shape index (κ1) is 13.8. The predicted octanol–water partition coefficient (Wildman–Crippen LogP) is 1.38. The van der Waals surface area contributed by atoms with Crippen LogP contribution in [0.2, 0.25) is 0 Å². The largest absolute Gasteiger partial charge is 0.377 e. The first-order valence-electron chi connectivity index (χ1n) is 6.96. The quantitative estimate of drug-likeness (QED) is 0.644. The van der Waals surface area contributed by atoms with Crippen LogP contribution in [0.5, 0.6) is 0 Å². The summed E-state index contributed by atoms with van der Waals surface area (Å²) in [6.07, 6.45) is 0. The van der Waals surface area contributed by atoms with Gasteiger partial charge in [-0.15, -0.1) is 0 Å². The molecule has 1 aliphatic heterocycles. The number of aromatic nitrogens is 1. The Bertz CT molecular complexity index is 674. The molecular formula is C15H18N4O2. The molecule has 21 heavy (non-hydrogen) atoms. The van der Waals surface area contributed by atoms with E-state index in [4.69, 9.17) is 10.6 Å². The van der Waals surface area contributed by atoms with Gasteiger partial charge in [0.25, 0.3) is 5.91 Å². The number of anilines is 1. The van der Waals surface area contributed by atoms with Crippen LogP contribution in [-0.4, -0.2) is 41.6 Å². The number of nitrogens with two attached hydrogens (primary N) is 1. The fourth-order valence-electron chi connectivity index (χ4n) is 2.59. The molecule has 6 heteroatoms. The molecule has 1 unspecified atom stereocenters. The van der Waals surface area contributed by atoms with Crippen molar-refractivity contribution in [2.45, 2.75) is 13.0 Å². The molecule has 0 bridgehead atoms. The van der Waals surface area contributed by atoms with Crippen molar-refractivity contribution >= 4 is 22.5 Å². The first-order chi connectivity index (χ1) is 10.2. The summed E-state index contributed by atoms with van der Waals surface area (Å²) >= 11 is 0. The number of hydrazine groups is 1. The molecule has 1 fully saturated rings. The van der Waals surface area contributed by atoms with Gasteiger partial charge in [0.15, 0.2) is 0 Å². The Hall–Kier alpha value is -2.18. The van der Waals surface area contributed by atoms with Gasteiger partial charge in [-0.05, 0) is 18.4 Å². The number of ether oxygens (including phenoxy) is 1. The molecular weight excluding hydrogens is 268 g/mol. The summed E-state index contributed by atoms with van der Waals surface area (Å²) in [5.74, 6) is 5.95. The standard InChI is InChI=1S/C15H18N4O2/c1-10-9-21-7-6-19(10)15(20)13-8-11-4-2-3-5-12(11)14(17-13)18-16/h2-5,8,10H,6-7,9,16H2,1H3,(H,17,18). The van der Waals surface area contributed by atoms with E-state index in [-0.39, 0.29) is 11.9 Å². The third-order valence-corrected chi connectivity index (χ3v) is 3.72. The summed E-state index contributed by atoms with van der Waals surface area (Å²) in [7, 11) is 0. The van der Waals surface area contributed by atoms with Gasteiger partial charge in [0.2, 0.25) is 0 Å². The molecule has 1 aromatic carbocycles. The van der Waals surface area contributed by atoms with Crippen molar-refractivity contribution in [2.24, 2.45) is 5.84 Å². The van der Waals surface area contributed by atoms with Crippen molar-refractivity contribution in [3.8, 4) is 0 Å². The highest BCUT2D eigenvalue weighted by Gasteiger charge is 2.26. The topological polar surface area (TPSA) is 80.5 Å². The van der Waals surface area contributed by atoms with E-state index in [1.165, 1.54) is 0 Å². The van der Waals surface area contributed by atoms with Crippen molar-refractivity contribution in [1.29, 1.82) is 0 Å².